The summed E-state index contributed by atoms with van der Waals surface area (Å²) in [7, 11) is 1.61. The fraction of sp³-hybridized carbons (Fsp3) is 0.240. The molecule has 0 heterocycles. The Labute approximate surface area is 182 Å². The van der Waals surface area contributed by atoms with Crippen LogP contribution in [0.2, 0.25) is 5.02 Å². The minimum absolute atomic E-state index is 0.146. The van der Waals surface area contributed by atoms with E-state index in [1.807, 2.05) is 55.5 Å². The zero-order valence-corrected chi connectivity index (χ0v) is 18.4. The van der Waals surface area contributed by atoms with Gasteiger partial charge in [0.05, 0.1) is 13.2 Å². The smallest absolute Gasteiger partial charge is 0.251 e. The third kappa shape index (κ3) is 5.33. The normalized spacial score (nSPS) is 11.6. The predicted octanol–water partition coefficient (Wildman–Crippen LogP) is 6.04. The maximum Gasteiger partial charge on any atom is 0.251 e. The van der Waals surface area contributed by atoms with Crippen molar-refractivity contribution in [3.05, 3.63) is 93.5 Å². The summed E-state index contributed by atoms with van der Waals surface area (Å²) in [4.78, 5) is 12.8. The van der Waals surface area contributed by atoms with Gasteiger partial charge < -0.3 is 14.8 Å². The van der Waals surface area contributed by atoms with Crippen molar-refractivity contribution >= 4 is 17.5 Å². The molecule has 0 bridgehead atoms. The quantitative estimate of drug-likeness (QED) is 0.504. The minimum Gasteiger partial charge on any atom is -0.496 e. The Morgan fingerprint density at radius 3 is 2.40 bits per heavy atom. The lowest BCUT2D eigenvalue weighted by molar-refractivity contribution is 0.0939. The molecule has 0 fully saturated rings. The van der Waals surface area contributed by atoms with Gasteiger partial charge in [-0.3, -0.25) is 4.79 Å². The van der Waals surface area contributed by atoms with Crippen LogP contribution < -0.4 is 14.8 Å². The number of carbonyl (C=O) groups excluding carboxylic acids is 1. The molecular formula is C25H26ClNO3. The molecule has 0 spiro atoms. The minimum atomic E-state index is -0.160. The average molecular weight is 424 g/mol. The average Bonchev–Trinajstić information content (AvgIpc) is 2.74. The number of methoxy groups -OCH3 is 1. The van der Waals surface area contributed by atoms with E-state index in [1.54, 1.807) is 19.2 Å². The Bertz CT molecular complexity index is 1030. The van der Waals surface area contributed by atoms with E-state index in [9.17, 15) is 4.79 Å². The van der Waals surface area contributed by atoms with Gasteiger partial charge in [0.15, 0.2) is 0 Å². The van der Waals surface area contributed by atoms with Crippen molar-refractivity contribution in [1.29, 1.82) is 0 Å². The molecule has 1 N–H and O–H groups in total. The molecule has 3 rings (SSSR count). The van der Waals surface area contributed by atoms with E-state index in [2.05, 4.69) is 19.2 Å². The second-order valence-corrected chi connectivity index (χ2v) is 7.74. The molecule has 0 saturated heterocycles. The molecule has 0 unspecified atom stereocenters. The topological polar surface area (TPSA) is 47.6 Å². The van der Waals surface area contributed by atoms with Crippen LogP contribution in [0.3, 0.4) is 0 Å². The van der Waals surface area contributed by atoms with Gasteiger partial charge in [0, 0.05) is 16.1 Å². The van der Waals surface area contributed by atoms with Crippen molar-refractivity contribution in [3.8, 4) is 11.5 Å². The number of ether oxygens (including phenoxy) is 2. The van der Waals surface area contributed by atoms with Crippen LogP contribution in [0.15, 0.2) is 60.7 Å². The summed E-state index contributed by atoms with van der Waals surface area (Å²) >= 11 is 5.94. The van der Waals surface area contributed by atoms with E-state index in [4.69, 9.17) is 21.1 Å². The van der Waals surface area contributed by atoms with Gasteiger partial charge in [0.2, 0.25) is 0 Å². The second kappa shape index (κ2) is 9.68. The highest BCUT2D eigenvalue weighted by atomic mass is 35.5. The van der Waals surface area contributed by atoms with Crippen LogP contribution in [-0.4, -0.2) is 13.0 Å². The summed E-state index contributed by atoms with van der Waals surface area (Å²) in [5.74, 6) is 1.31. The maximum absolute atomic E-state index is 12.8. The first-order valence-corrected chi connectivity index (χ1v) is 10.2. The van der Waals surface area contributed by atoms with Crippen molar-refractivity contribution in [2.24, 2.45) is 0 Å². The Morgan fingerprint density at radius 1 is 1.00 bits per heavy atom. The van der Waals surface area contributed by atoms with Gasteiger partial charge in [-0.1, -0.05) is 29.8 Å². The summed E-state index contributed by atoms with van der Waals surface area (Å²) in [5.41, 5.74) is 4.73. The van der Waals surface area contributed by atoms with Crippen LogP contribution in [0.1, 0.15) is 45.6 Å². The first kappa shape index (κ1) is 21.7. The molecule has 0 aliphatic rings. The Kier molecular flexibility index (Phi) is 7.01. The van der Waals surface area contributed by atoms with Gasteiger partial charge in [-0.05, 0) is 79.9 Å². The predicted molar refractivity (Wildman–Crippen MR) is 121 cm³/mol. The number of halogens is 1. The first-order chi connectivity index (χ1) is 14.4. The van der Waals surface area contributed by atoms with E-state index in [0.717, 1.165) is 16.9 Å². The standard InChI is InChI=1S/C25H26ClNO3/c1-16-5-11-23(13-17(16)2)30-15-21-14-20(8-12-24(21)29-4)25(28)27-18(3)19-6-9-22(26)10-7-19/h5-14,18H,15H2,1-4H3,(H,27,28)/t18-/m1/s1. The van der Waals surface area contributed by atoms with Crippen LogP contribution in [0.4, 0.5) is 0 Å². The number of amides is 1. The summed E-state index contributed by atoms with van der Waals surface area (Å²) < 4.78 is 11.4. The van der Waals surface area contributed by atoms with E-state index < -0.39 is 0 Å². The number of rotatable bonds is 7. The Morgan fingerprint density at radius 2 is 1.73 bits per heavy atom. The lowest BCUT2D eigenvalue weighted by atomic mass is 10.1. The highest BCUT2D eigenvalue weighted by Crippen LogP contribution is 2.24. The van der Waals surface area contributed by atoms with Gasteiger partial charge >= 0.3 is 0 Å². The van der Waals surface area contributed by atoms with Gasteiger partial charge in [-0.25, -0.2) is 0 Å². The van der Waals surface area contributed by atoms with Crippen LogP contribution in [-0.2, 0) is 6.61 Å². The Hall–Kier alpha value is -2.98. The lowest BCUT2D eigenvalue weighted by Gasteiger charge is -2.16. The largest absolute Gasteiger partial charge is 0.496 e. The number of aryl methyl sites for hydroxylation is 2. The van der Waals surface area contributed by atoms with Gasteiger partial charge in [0.1, 0.15) is 18.1 Å². The van der Waals surface area contributed by atoms with Gasteiger partial charge in [-0.2, -0.15) is 0 Å². The molecule has 3 aromatic rings. The van der Waals surface area contributed by atoms with E-state index in [0.29, 0.717) is 22.9 Å². The van der Waals surface area contributed by atoms with Crippen molar-refractivity contribution in [2.45, 2.75) is 33.4 Å². The molecule has 0 aromatic heterocycles. The molecule has 1 atom stereocenters. The molecule has 5 heteroatoms. The third-order valence-electron chi connectivity index (χ3n) is 5.13. The molecule has 1 amide bonds. The van der Waals surface area contributed by atoms with Crippen LogP contribution in [0.5, 0.6) is 11.5 Å². The number of nitrogens with one attached hydrogen (secondary N) is 1. The zero-order valence-electron chi connectivity index (χ0n) is 17.7. The molecule has 0 aliphatic heterocycles. The summed E-state index contributed by atoms with van der Waals surface area (Å²) in [6, 6.07) is 18.6. The monoisotopic (exact) mass is 423 g/mol. The summed E-state index contributed by atoms with van der Waals surface area (Å²) in [5, 5.41) is 3.69. The number of hydrogen-bond acceptors (Lipinski definition) is 3. The van der Waals surface area contributed by atoms with Crippen LogP contribution >= 0.6 is 11.6 Å². The summed E-state index contributed by atoms with van der Waals surface area (Å²) in [6.07, 6.45) is 0. The molecule has 3 aromatic carbocycles. The summed E-state index contributed by atoms with van der Waals surface area (Å²) in [6.45, 7) is 6.36. The zero-order chi connectivity index (χ0) is 21.7. The SMILES string of the molecule is COc1ccc(C(=O)N[C@H](C)c2ccc(Cl)cc2)cc1COc1ccc(C)c(C)c1. The number of carbonyl (C=O) groups is 1. The van der Waals surface area contributed by atoms with Crippen molar-refractivity contribution < 1.29 is 14.3 Å². The molecular weight excluding hydrogens is 398 g/mol. The van der Waals surface area contributed by atoms with Crippen LogP contribution in [0.25, 0.3) is 0 Å². The van der Waals surface area contributed by atoms with E-state index in [1.165, 1.54) is 11.1 Å². The highest BCUT2D eigenvalue weighted by Gasteiger charge is 2.14. The lowest BCUT2D eigenvalue weighted by Crippen LogP contribution is -2.26. The van der Waals surface area contributed by atoms with Gasteiger partial charge in [-0.15, -0.1) is 0 Å². The molecule has 0 saturated carbocycles. The fourth-order valence-corrected chi connectivity index (χ4v) is 3.24. The highest BCUT2D eigenvalue weighted by molar-refractivity contribution is 6.30. The van der Waals surface area contributed by atoms with Crippen molar-refractivity contribution in [1.82, 2.24) is 5.32 Å². The fourth-order valence-electron chi connectivity index (χ4n) is 3.11. The third-order valence-corrected chi connectivity index (χ3v) is 5.38. The van der Waals surface area contributed by atoms with Gasteiger partial charge in [0.25, 0.3) is 5.91 Å². The number of hydrogen-bond donors (Lipinski definition) is 1. The molecule has 4 nitrogen and oxygen atoms in total. The van der Waals surface area contributed by atoms with Crippen molar-refractivity contribution in [2.75, 3.05) is 7.11 Å². The van der Waals surface area contributed by atoms with Crippen LogP contribution in [0, 0.1) is 13.8 Å². The molecule has 30 heavy (non-hydrogen) atoms. The van der Waals surface area contributed by atoms with Crippen molar-refractivity contribution in [3.63, 3.8) is 0 Å². The second-order valence-electron chi connectivity index (χ2n) is 7.31. The molecule has 0 aliphatic carbocycles. The van der Waals surface area contributed by atoms with E-state index >= 15 is 0 Å². The first-order valence-electron chi connectivity index (χ1n) is 9.80. The molecule has 0 radical (unpaired) electrons. The Balaban J connectivity index is 1.73. The van der Waals surface area contributed by atoms with E-state index in [-0.39, 0.29) is 11.9 Å². The molecule has 156 valence electrons. The number of benzene rings is 3. The maximum atomic E-state index is 12.8.